The van der Waals surface area contributed by atoms with Gasteiger partial charge < -0.3 is 15.2 Å². The van der Waals surface area contributed by atoms with Crippen molar-refractivity contribution in [2.45, 2.75) is 44.6 Å². The van der Waals surface area contributed by atoms with E-state index >= 15 is 0 Å². The van der Waals surface area contributed by atoms with Crippen LogP contribution in [0.2, 0.25) is 0 Å². The lowest BCUT2D eigenvalue weighted by Gasteiger charge is -2.72. The molecular formula is C30H29NO4. The van der Waals surface area contributed by atoms with Crippen molar-refractivity contribution in [3.63, 3.8) is 0 Å². The number of carboxylic acid groups (broad SMARTS) is 1. The molecule has 2 bridgehead atoms. The van der Waals surface area contributed by atoms with Gasteiger partial charge in [-0.3, -0.25) is 0 Å². The van der Waals surface area contributed by atoms with Crippen LogP contribution in [0, 0.1) is 17.8 Å². The Bertz CT molecular complexity index is 1260. The minimum absolute atomic E-state index is 0.0519. The number of aryl methyl sites for hydroxylation is 1. The van der Waals surface area contributed by atoms with Crippen LogP contribution < -0.4 is 5.32 Å². The van der Waals surface area contributed by atoms with Gasteiger partial charge in [0.25, 0.3) is 0 Å². The number of benzene rings is 3. The van der Waals surface area contributed by atoms with Gasteiger partial charge in [0, 0.05) is 11.3 Å². The number of rotatable bonds is 7. The van der Waals surface area contributed by atoms with E-state index in [1.807, 2.05) is 24.3 Å². The van der Waals surface area contributed by atoms with E-state index in [9.17, 15) is 14.7 Å². The fourth-order valence-electron chi connectivity index (χ4n) is 7.07. The fourth-order valence-corrected chi connectivity index (χ4v) is 7.07. The van der Waals surface area contributed by atoms with Gasteiger partial charge in [0.05, 0.1) is 0 Å². The van der Waals surface area contributed by atoms with Gasteiger partial charge in [-0.05, 0) is 65.8 Å². The van der Waals surface area contributed by atoms with Crippen molar-refractivity contribution in [1.82, 2.24) is 5.32 Å². The highest BCUT2D eigenvalue weighted by Crippen LogP contribution is 2.75. The molecule has 5 heteroatoms. The molecule has 2 N–H and O–H groups in total. The van der Waals surface area contributed by atoms with Crippen LogP contribution in [-0.2, 0) is 16.0 Å². The minimum atomic E-state index is -0.984. The van der Waals surface area contributed by atoms with Crippen LogP contribution in [-0.4, -0.2) is 29.8 Å². The smallest absolute Gasteiger partial charge is 0.407 e. The number of hydrogen-bond donors (Lipinski definition) is 2. The summed E-state index contributed by atoms with van der Waals surface area (Å²) in [5.74, 6) is -1.04. The third-order valence-electron chi connectivity index (χ3n) is 8.31. The van der Waals surface area contributed by atoms with Crippen molar-refractivity contribution < 1.29 is 19.4 Å². The summed E-state index contributed by atoms with van der Waals surface area (Å²) < 4.78 is 5.62. The first-order chi connectivity index (χ1) is 16.9. The molecule has 178 valence electrons. The van der Waals surface area contributed by atoms with Crippen LogP contribution in [0.1, 0.15) is 47.4 Å². The molecule has 0 spiro atoms. The Morgan fingerprint density at radius 2 is 1.60 bits per heavy atom. The average Bonchev–Trinajstić information content (AvgIpc) is 3.11. The molecule has 3 saturated carbocycles. The van der Waals surface area contributed by atoms with Gasteiger partial charge in [-0.2, -0.15) is 0 Å². The lowest BCUT2D eigenvalue weighted by molar-refractivity contribution is -0.223. The van der Waals surface area contributed by atoms with Gasteiger partial charge in [0.2, 0.25) is 0 Å². The highest BCUT2D eigenvalue weighted by Gasteiger charge is 2.71. The normalized spacial score (nSPS) is 24.4. The molecule has 5 nitrogen and oxygen atoms in total. The van der Waals surface area contributed by atoms with E-state index in [-0.39, 0.29) is 23.4 Å². The zero-order valence-corrected chi connectivity index (χ0v) is 19.8. The van der Waals surface area contributed by atoms with Crippen LogP contribution in [0.3, 0.4) is 0 Å². The Kier molecular flexibility index (Phi) is 4.99. The van der Waals surface area contributed by atoms with Crippen molar-refractivity contribution in [3.8, 4) is 11.1 Å². The van der Waals surface area contributed by atoms with E-state index in [4.69, 9.17) is 4.74 Å². The lowest BCUT2D eigenvalue weighted by atomic mass is 9.32. The summed E-state index contributed by atoms with van der Waals surface area (Å²) in [6.07, 6.45) is 2.79. The third-order valence-corrected chi connectivity index (χ3v) is 8.31. The van der Waals surface area contributed by atoms with E-state index < -0.39 is 18.1 Å². The second-order valence-corrected chi connectivity index (χ2v) is 10.8. The second kappa shape index (κ2) is 7.98. The largest absolute Gasteiger partial charge is 0.480 e. The summed E-state index contributed by atoms with van der Waals surface area (Å²) in [7, 11) is 0. The summed E-state index contributed by atoms with van der Waals surface area (Å²) in [6.45, 7) is 2.27. The maximum atomic E-state index is 12.8. The molecule has 0 aliphatic heterocycles. The van der Waals surface area contributed by atoms with Crippen LogP contribution >= 0.6 is 0 Å². The zero-order chi connectivity index (χ0) is 24.2. The molecule has 1 atom stereocenters. The molecule has 3 aromatic rings. The molecule has 1 amide bonds. The number of ether oxygens (including phenoxy) is 1. The SMILES string of the molecule is Cc1cccc(CC23CC(C(NC(=O)OCC4c5ccccc5-c5ccccc54)C(=O)O)(C2)C3)c1. The van der Waals surface area contributed by atoms with Crippen molar-refractivity contribution in [2.24, 2.45) is 10.8 Å². The van der Waals surface area contributed by atoms with Crippen molar-refractivity contribution in [3.05, 3.63) is 95.1 Å². The number of alkyl carbamates (subject to hydrolysis) is 1. The monoisotopic (exact) mass is 467 g/mol. The number of amides is 1. The van der Waals surface area contributed by atoms with Crippen LogP contribution in [0.25, 0.3) is 11.1 Å². The van der Waals surface area contributed by atoms with Crippen LogP contribution in [0.5, 0.6) is 0 Å². The quantitative estimate of drug-likeness (QED) is 0.467. The van der Waals surface area contributed by atoms with E-state index in [2.05, 4.69) is 60.8 Å². The molecule has 4 aliphatic carbocycles. The van der Waals surface area contributed by atoms with E-state index in [1.54, 1.807) is 0 Å². The summed E-state index contributed by atoms with van der Waals surface area (Å²) in [4.78, 5) is 24.9. The number of hydrogen-bond acceptors (Lipinski definition) is 3. The maximum absolute atomic E-state index is 12.8. The average molecular weight is 468 g/mol. The van der Waals surface area contributed by atoms with Gasteiger partial charge in [0.15, 0.2) is 0 Å². The summed E-state index contributed by atoms with van der Waals surface area (Å²) in [5, 5.41) is 12.6. The van der Waals surface area contributed by atoms with Gasteiger partial charge in [-0.25, -0.2) is 9.59 Å². The predicted octanol–water partition coefficient (Wildman–Crippen LogP) is 5.70. The molecule has 3 fully saturated rings. The second-order valence-electron chi connectivity index (χ2n) is 10.8. The first-order valence-corrected chi connectivity index (χ1v) is 12.3. The number of fused-ring (bicyclic) bond motifs is 3. The number of carbonyl (C=O) groups excluding carboxylic acids is 1. The summed E-state index contributed by atoms with van der Waals surface area (Å²) >= 11 is 0. The topological polar surface area (TPSA) is 75.6 Å². The highest BCUT2D eigenvalue weighted by molar-refractivity contribution is 5.82. The third kappa shape index (κ3) is 3.61. The van der Waals surface area contributed by atoms with Crippen molar-refractivity contribution in [1.29, 1.82) is 0 Å². The van der Waals surface area contributed by atoms with Gasteiger partial charge in [0.1, 0.15) is 12.6 Å². The summed E-state index contributed by atoms with van der Waals surface area (Å²) in [5.41, 5.74) is 6.94. The van der Waals surface area contributed by atoms with Crippen molar-refractivity contribution >= 4 is 12.1 Å². The Labute approximate surface area is 205 Å². The van der Waals surface area contributed by atoms with Gasteiger partial charge in [-0.1, -0.05) is 78.4 Å². The van der Waals surface area contributed by atoms with Crippen LogP contribution in [0.15, 0.2) is 72.8 Å². The molecule has 0 saturated heterocycles. The summed E-state index contributed by atoms with van der Waals surface area (Å²) in [6, 6.07) is 23.9. The molecule has 4 aliphatic rings. The van der Waals surface area contributed by atoms with Crippen molar-refractivity contribution in [2.75, 3.05) is 6.61 Å². The maximum Gasteiger partial charge on any atom is 0.407 e. The Morgan fingerprint density at radius 1 is 0.971 bits per heavy atom. The van der Waals surface area contributed by atoms with Crippen LogP contribution in [0.4, 0.5) is 4.79 Å². The predicted molar refractivity (Wildman–Crippen MR) is 133 cm³/mol. The number of nitrogens with one attached hydrogen (secondary N) is 1. The molecule has 35 heavy (non-hydrogen) atoms. The molecule has 3 aromatic carbocycles. The molecule has 1 unspecified atom stereocenters. The molecule has 0 aromatic heterocycles. The number of carbonyl (C=O) groups is 2. The Hall–Kier alpha value is -3.60. The van der Waals surface area contributed by atoms with E-state index in [1.165, 1.54) is 11.1 Å². The first kappa shape index (κ1) is 21.9. The minimum Gasteiger partial charge on any atom is -0.480 e. The van der Waals surface area contributed by atoms with E-state index in [0.717, 1.165) is 47.9 Å². The number of aliphatic carboxylic acids is 1. The molecule has 0 radical (unpaired) electrons. The first-order valence-electron chi connectivity index (χ1n) is 12.3. The zero-order valence-electron chi connectivity index (χ0n) is 19.8. The highest BCUT2D eigenvalue weighted by atomic mass is 16.5. The molecule has 0 heterocycles. The van der Waals surface area contributed by atoms with Gasteiger partial charge >= 0.3 is 12.1 Å². The number of carboxylic acids is 1. The molecule has 7 rings (SSSR count). The standard InChI is InChI=1S/C30H29NO4/c1-19-7-6-8-20(13-19)14-29-16-30(17-29,18-29)26(27(32)33)31-28(34)35-15-25-23-11-4-2-9-21(23)22-10-3-5-12-24(22)25/h2-13,25-26H,14-18H2,1H3,(H,31,34)(H,32,33). The fraction of sp³-hybridized carbons (Fsp3) is 0.333. The Morgan fingerprint density at radius 3 is 2.20 bits per heavy atom. The lowest BCUT2D eigenvalue weighted by Crippen LogP contribution is -2.72. The molecular weight excluding hydrogens is 438 g/mol. The van der Waals surface area contributed by atoms with E-state index in [0.29, 0.717) is 0 Å². The van der Waals surface area contributed by atoms with Gasteiger partial charge in [-0.15, -0.1) is 0 Å². The Balaban J connectivity index is 1.09.